The molecule has 0 radical (unpaired) electrons. The van der Waals surface area contributed by atoms with Crippen LogP contribution >= 0.6 is 0 Å². The van der Waals surface area contributed by atoms with E-state index in [-0.39, 0.29) is 6.42 Å². The van der Waals surface area contributed by atoms with Crippen molar-refractivity contribution in [1.29, 1.82) is 0 Å². The summed E-state index contributed by atoms with van der Waals surface area (Å²) < 4.78 is 0. The Balaban J connectivity index is 2.78. The molecule has 0 aromatic heterocycles. The largest absolute Gasteiger partial charge is 0.480 e. The van der Waals surface area contributed by atoms with Gasteiger partial charge in [0.25, 0.3) is 0 Å². The van der Waals surface area contributed by atoms with Crippen LogP contribution in [0.4, 0.5) is 5.69 Å². The molecular formula is C11H14N2O2. The summed E-state index contributed by atoms with van der Waals surface area (Å²) in [6.07, 6.45) is 0.198. The number of carboxylic acids is 1. The SMILES string of the molecule is C=C(CC(N)C(=O)O)c1ccccc1N. The molecule has 80 valence electrons. The molecule has 0 aliphatic heterocycles. The highest BCUT2D eigenvalue weighted by Gasteiger charge is 2.14. The van der Waals surface area contributed by atoms with Gasteiger partial charge in [0.05, 0.1) is 0 Å². The molecule has 0 bridgehead atoms. The number of para-hydroxylation sites is 1. The highest BCUT2D eigenvalue weighted by molar-refractivity contribution is 5.80. The second-order valence-corrected chi connectivity index (χ2v) is 3.34. The van der Waals surface area contributed by atoms with Crippen molar-refractivity contribution in [1.82, 2.24) is 0 Å². The summed E-state index contributed by atoms with van der Waals surface area (Å²) in [5, 5.41) is 8.65. The first kappa shape index (κ1) is 11.3. The number of aliphatic carboxylic acids is 1. The quantitative estimate of drug-likeness (QED) is 0.643. The highest BCUT2D eigenvalue weighted by atomic mass is 16.4. The van der Waals surface area contributed by atoms with Crippen LogP contribution in [0, 0.1) is 0 Å². The maximum atomic E-state index is 10.6. The van der Waals surface area contributed by atoms with Gasteiger partial charge in [-0.05, 0) is 18.1 Å². The number of anilines is 1. The van der Waals surface area contributed by atoms with E-state index in [0.717, 1.165) is 5.56 Å². The first-order chi connectivity index (χ1) is 7.02. The van der Waals surface area contributed by atoms with Gasteiger partial charge in [-0.2, -0.15) is 0 Å². The Morgan fingerprint density at radius 3 is 2.60 bits per heavy atom. The molecule has 0 aliphatic carbocycles. The van der Waals surface area contributed by atoms with Crippen LogP contribution in [-0.4, -0.2) is 17.1 Å². The van der Waals surface area contributed by atoms with Gasteiger partial charge in [0.2, 0.25) is 0 Å². The predicted molar refractivity (Wildman–Crippen MR) is 60.1 cm³/mol. The van der Waals surface area contributed by atoms with Gasteiger partial charge in [-0.15, -0.1) is 0 Å². The lowest BCUT2D eigenvalue weighted by molar-refractivity contribution is -0.138. The monoisotopic (exact) mass is 206 g/mol. The average molecular weight is 206 g/mol. The van der Waals surface area contributed by atoms with E-state index in [1.54, 1.807) is 12.1 Å². The van der Waals surface area contributed by atoms with Gasteiger partial charge in [-0.1, -0.05) is 24.8 Å². The van der Waals surface area contributed by atoms with Crippen molar-refractivity contribution in [3.8, 4) is 0 Å². The maximum absolute atomic E-state index is 10.6. The molecule has 0 aliphatic rings. The van der Waals surface area contributed by atoms with Crippen LogP contribution in [0.15, 0.2) is 30.8 Å². The minimum absolute atomic E-state index is 0.198. The lowest BCUT2D eigenvalue weighted by Gasteiger charge is -2.11. The lowest BCUT2D eigenvalue weighted by atomic mass is 9.99. The Bertz CT molecular complexity index is 388. The van der Waals surface area contributed by atoms with Crippen molar-refractivity contribution in [3.05, 3.63) is 36.4 Å². The number of hydrogen-bond donors (Lipinski definition) is 3. The van der Waals surface area contributed by atoms with Crippen molar-refractivity contribution < 1.29 is 9.90 Å². The fraction of sp³-hybridized carbons (Fsp3) is 0.182. The first-order valence-electron chi connectivity index (χ1n) is 4.53. The minimum Gasteiger partial charge on any atom is -0.480 e. The van der Waals surface area contributed by atoms with Crippen LogP contribution in [0.2, 0.25) is 0 Å². The minimum atomic E-state index is -1.04. The van der Waals surface area contributed by atoms with E-state index in [2.05, 4.69) is 6.58 Å². The van der Waals surface area contributed by atoms with Crippen LogP contribution in [0.3, 0.4) is 0 Å². The summed E-state index contributed by atoms with van der Waals surface area (Å²) in [6, 6.07) is 6.24. The zero-order valence-corrected chi connectivity index (χ0v) is 8.31. The van der Waals surface area contributed by atoms with E-state index in [1.165, 1.54) is 0 Å². The number of nitrogen functional groups attached to an aromatic ring is 1. The highest BCUT2D eigenvalue weighted by Crippen LogP contribution is 2.22. The number of nitrogens with two attached hydrogens (primary N) is 2. The Kier molecular flexibility index (Phi) is 3.46. The van der Waals surface area contributed by atoms with Crippen molar-refractivity contribution in [3.63, 3.8) is 0 Å². The van der Waals surface area contributed by atoms with Crippen molar-refractivity contribution >= 4 is 17.2 Å². The molecule has 4 nitrogen and oxygen atoms in total. The van der Waals surface area contributed by atoms with E-state index in [1.807, 2.05) is 12.1 Å². The summed E-state index contributed by atoms with van der Waals surface area (Å²) in [5.74, 6) is -1.04. The third-order valence-corrected chi connectivity index (χ3v) is 2.13. The molecule has 1 rings (SSSR count). The maximum Gasteiger partial charge on any atom is 0.320 e. The molecule has 1 unspecified atom stereocenters. The molecule has 0 heterocycles. The Labute approximate surface area is 88.2 Å². The van der Waals surface area contributed by atoms with Crippen molar-refractivity contribution in [2.24, 2.45) is 5.73 Å². The van der Waals surface area contributed by atoms with Gasteiger partial charge in [0.15, 0.2) is 0 Å². The molecule has 1 aromatic rings. The molecule has 4 heteroatoms. The molecule has 0 fully saturated rings. The fourth-order valence-corrected chi connectivity index (χ4v) is 1.28. The molecular weight excluding hydrogens is 192 g/mol. The van der Waals surface area contributed by atoms with Crippen molar-refractivity contribution in [2.75, 3.05) is 5.73 Å². The van der Waals surface area contributed by atoms with E-state index < -0.39 is 12.0 Å². The molecule has 1 atom stereocenters. The zero-order valence-electron chi connectivity index (χ0n) is 8.31. The van der Waals surface area contributed by atoms with Crippen LogP contribution < -0.4 is 11.5 Å². The zero-order chi connectivity index (χ0) is 11.4. The molecule has 0 spiro atoms. The summed E-state index contributed by atoms with van der Waals surface area (Å²) >= 11 is 0. The van der Waals surface area contributed by atoms with E-state index in [9.17, 15) is 4.79 Å². The van der Waals surface area contributed by atoms with Gasteiger partial charge in [0, 0.05) is 11.3 Å². The van der Waals surface area contributed by atoms with Gasteiger partial charge < -0.3 is 16.6 Å². The summed E-state index contributed by atoms with van der Waals surface area (Å²) in [5.41, 5.74) is 13.1. The molecule has 15 heavy (non-hydrogen) atoms. The molecule has 0 amide bonds. The van der Waals surface area contributed by atoms with Gasteiger partial charge in [-0.25, -0.2) is 0 Å². The van der Waals surface area contributed by atoms with Gasteiger partial charge >= 0.3 is 5.97 Å². The summed E-state index contributed by atoms with van der Waals surface area (Å²) in [6.45, 7) is 3.78. The lowest BCUT2D eigenvalue weighted by Crippen LogP contribution is -2.30. The Morgan fingerprint density at radius 1 is 1.47 bits per heavy atom. The third-order valence-electron chi connectivity index (χ3n) is 2.13. The third kappa shape index (κ3) is 2.82. The normalized spacial score (nSPS) is 12.1. The average Bonchev–Trinajstić information content (AvgIpc) is 2.18. The second-order valence-electron chi connectivity index (χ2n) is 3.34. The summed E-state index contributed by atoms with van der Waals surface area (Å²) in [4.78, 5) is 10.6. The van der Waals surface area contributed by atoms with E-state index in [0.29, 0.717) is 11.3 Å². The first-order valence-corrected chi connectivity index (χ1v) is 4.53. The number of hydrogen-bond acceptors (Lipinski definition) is 3. The van der Waals surface area contributed by atoms with Crippen molar-refractivity contribution in [2.45, 2.75) is 12.5 Å². The Hall–Kier alpha value is -1.81. The van der Waals surface area contributed by atoms with Gasteiger partial charge in [0.1, 0.15) is 6.04 Å². The molecule has 5 N–H and O–H groups in total. The molecule has 0 saturated carbocycles. The second kappa shape index (κ2) is 4.61. The number of carbonyl (C=O) groups is 1. The standard InChI is InChI=1S/C11H14N2O2/c1-7(6-10(13)11(14)15)8-4-2-3-5-9(8)12/h2-5,10H,1,6,12-13H2,(H,14,15). The number of benzene rings is 1. The van der Waals surface area contributed by atoms with Crippen LogP contribution in [0.1, 0.15) is 12.0 Å². The fourth-order valence-electron chi connectivity index (χ4n) is 1.28. The van der Waals surface area contributed by atoms with Crippen LogP contribution in [-0.2, 0) is 4.79 Å². The van der Waals surface area contributed by atoms with Crippen LogP contribution in [0.25, 0.3) is 5.57 Å². The van der Waals surface area contributed by atoms with Crippen LogP contribution in [0.5, 0.6) is 0 Å². The van der Waals surface area contributed by atoms with E-state index >= 15 is 0 Å². The smallest absolute Gasteiger partial charge is 0.320 e. The number of carboxylic acid groups (broad SMARTS) is 1. The predicted octanol–water partition coefficient (Wildman–Crippen LogP) is 1.08. The summed E-state index contributed by atoms with van der Waals surface area (Å²) in [7, 11) is 0. The molecule has 1 aromatic carbocycles. The number of rotatable bonds is 4. The van der Waals surface area contributed by atoms with E-state index in [4.69, 9.17) is 16.6 Å². The Morgan fingerprint density at radius 2 is 2.07 bits per heavy atom. The van der Waals surface area contributed by atoms with Gasteiger partial charge in [-0.3, -0.25) is 4.79 Å². The molecule has 0 saturated heterocycles. The topological polar surface area (TPSA) is 89.3 Å².